The predicted octanol–water partition coefficient (Wildman–Crippen LogP) is 3.13. The number of aromatic nitrogens is 1. The van der Waals surface area contributed by atoms with Gasteiger partial charge in [0.1, 0.15) is 0 Å². The molecular weight excluding hydrogens is 304 g/mol. The van der Waals surface area contributed by atoms with Crippen LogP contribution in [0.25, 0.3) is 0 Å². The summed E-state index contributed by atoms with van der Waals surface area (Å²) in [6.45, 7) is 0. The zero-order valence-corrected chi connectivity index (χ0v) is 11.7. The van der Waals surface area contributed by atoms with Crippen LogP contribution >= 0.6 is 27.5 Å². The molecule has 1 N–H and O–H groups in total. The van der Waals surface area contributed by atoms with Crippen molar-refractivity contribution in [1.29, 1.82) is 0 Å². The first-order valence-corrected chi connectivity index (χ1v) is 6.97. The number of amides is 1. The number of carbonyl (C=O) groups is 1. The molecule has 0 aromatic carbocycles. The highest BCUT2D eigenvalue weighted by Crippen LogP contribution is 2.31. The lowest BCUT2D eigenvalue weighted by molar-refractivity contribution is 0.0909. The van der Waals surface area contributed by atoms with Crippen LogP contribution in [0.5, 0.6) is 0 Å². The average molecular weight is 318 g/mol. The highest BCUT2D eigenvalue weighted by atomic mass is 79.9. The zero-order valence-electron chi connectivity index (χ0n) is 9.38. The molecule has 0 spiro atoms. The molecule has 1 fully saturated rings. The Morgan fingerprint density at radius 1 is 1.47 bits per heavy atom. The van der Waals surface area contributed by atoms with Gasteiger partial charge >= 0.3 is 0 Å². The van der Waals surface area contributed by atoms with E-state index in [0.717, 1.165) is 30.2 Å². The normalized spacial score (nSPS) is 18.0. The number of hydrogen-bond acceptors (Lipinski definition) is 2. The number of nitrogens with zero attached hydrogens (tertiary/aromatic N) is 1. The smallest absolute Gasteiger partial charge is 0.253 e. The Balaban J connectivity index is 2.11. The molecule has 0 aliphatic heterocycles. The number of hydrogen-bond donors (Lipinski definition) is 1. The topological polar surface area (TPSA) is 42.0 Å². The fraction of sp³-hybridized carbons (Fsp3) is 0.500. The summed E-state index contributed by atoms with van der Waals surface area (Å²) in [4.78, 5) is 16.1. The van der Waals surface area contributed by atoms with Gasteiger partial charge in [-0.1, -0.05) is 12.8 Å². The van der Waals surface area contributed by atoms with Crippen LogP contribution in [0, 0.1) is 0 Å². The maximum atomic E-state index is 12.1. The molecule has 2 rings (SSSR count). The Morgan fingerprint density at radius 3 is 2.76 bits per heavy atom. The molecule has 0 bridgehead atoms. The third-order valence-electron chi connectivity index (χ3n) is 3.16. The van der Waals surface area contributed by atoms with Gasteiger partial charge in [-0.3, -0.25) is 9.78 Å². The summed E-state index contributed by atoms with van der Waals surface area (Å²) < 4.78 is 0.802. The molecular formula is C12H14BrClN2O. The molecule has 5 heteroatoms. The monoisotopic (exact) mass is 316 g/mol. The van der Waals surface area contributed by atoms with Crippen molar-refractivity contribution in [2.75, 3.05) is 5.88 Å². The minimum Gasteiger partial charge on any atom is -0.345 e. The Hall–Kier alpha value is -0.610. The van der Waals surface area contributed by atoms with Crippen LogP contribution in [0.15, 0.2) is 22.9 Å². The van der Waals surface area contributed by atoms with Crippen molar-refractivity contribution in [2.45, 2.75) is 31.2 Å². The van der Waals surface area contributed by atoms with Crippen molar-refractivity contribution in [1.82, 2.24) is 10.3 Å². The van der Waals surface area contributed by atoms with Crippen molar-refractivity contribution < 1.29 is 4.79 Å². The molecule has 1 saturated carbocycles. The van der Waals surface area contributed by atoms with E-state index in [1.165, 1.54) is 0 Å². The Bertz CT molecular complexity index is 419. The molecule has 0 atom stereocenters. The zero-order chi connectivity index (χ0) is 12.3. The Kier molecular flexibility index (Phi) is 4.05. The van der Waals surface area contributed by atoms with E-state index in [1.54, 1.807) is 18.5 Å². The maximum Gasteiger partial charge on any atom is 0.253 e. The van der Waals surface area contributed by atoms with E-state index in [2.05, 4.69) is 26.2 Å². The first-order valence-electron chi connectivity index (χ1n) is 5.64. The van der Waals surface area contributed by atoms with Crippen LogP contribution < -0.4 is 5.32 Å². The summed E-state index contributed by atoms with van der Waals surface area (Å²) in [5, 5.41) is 3.05. The summed E-state index contributed by atoms with van der Waals surface area (Å²) in [5.41, 5.74) is 0.344. The van der Waals surface area contributed by atoms with Crippen molar-refractivity contribution >= 4 is 33.4 Å². The third kappa shape index (κ3) is 2.99. The Morgan fingerprint density at radius 2 is 2.18 bits per heavy atom. The predicted molar refractivity (Wildman–Crippen MR) is 71.3 cm³/mol. The van der Waals surface area contributed by atoms with Gasteiger partial charge in [-0.15, -0.1) is 11.6 Å². The number of alkyl halides is 1. The van der Waals surface area contributed by atoms with Crippen LogP contribution in [0.4, 0.5) is 0 Å². The quantitative estimate of drug-likeness (QED) is 0.870. The number of carbonyl (C=O) groups excluding carboxylic acids is 1. The second-order valence-corrected chi connectivity index (χ2v) is 5.65. The van der Waals surface area contributed by atoms with E-state index in [1.807, 2.05) is 0 Å². The average Bonchev–Trinajstić information content (AvgIpc) is 2.78. The molecule has 1 aliphatic rings. The number of pyridine rings is 1. The summed E-state index contributed by atoms with van der Waals surface area (Å²) >= 11 is 9.29. The molecule has 1 amide bonds. The van der Waals surface area contributed by atoms with Crippen LogP contribution in [-0.4, -0.2) is 22.3 Å². The van der Waals surface area contributed by atoms with Crippen LogP contribution in [-0.2, 0) is 0 Å². The van der Waals surface area contributed by atoms with Crippen LogP contribution in [0.1, 0.15) is 36.0 Å². The van der Waals surface area contributed by atoms with Crippen molar-refractivity contribution in [3.63, 3.8) is 0 Å². The van der Waals surface area contributed by atoms with Gasteiger partial charge in [0.15, 0.2) is 0 Å². The molecule has 1 aliphatic carbocycles. The van der Waals surface area contributed by atoms with E-state index in [0.29, 0.717) is 11.4 Å². The van der Waals surface area contributed by atoms with Gasteiger partial charge in [-0.05, 0) is 34.8 Å². The van der Waals surface area contributed by atoms with E-state index in [4.69, 9.17) is 11.6 Å². The lowest BCUT2D eigenvalue weighted by atomic mass is 10.00. The molecule has 0 unspecified atom stereocenters. The lowest BCUT2D eigenvalue weighted by Gasteiger charge is -2.27. The largest absolute Gasteiger partial charge is 0.345 e. The molecule has 1 heterocycles. The minimum atomic E-state index is -0.221. The number of nitrogens with one attached hydrogen (secondary N) is 1. The van der Waals surface area contributed by atoms with Gasteiger partial charge in [-0.2, -0.15) is 0 Å². The lowest BCUT2D eigenvalue weighted by Crippen LogP contribution is -2.47. The standard InChI is InChI=1S/C12H14BrClN2O/c13-10-5-9(6-15-7-10)11(17)16-12(8-14)3-1-2-4-12/h5-7H,1-4,8H2,(H,16,17). The van der Waals surface area contributed by atoms with E-state index < -0.39 is 0 Å². The minimum absolute atomic E-state index is 0.0960. The van der Waals surface area contributed by atoms with Crippen molar-refractivity contribution in [2.24, 2.45) is 0 Å². The second kappa shape index (κ2) is 5.36. The van der Waals surface area contributed by atoms with Crippen molar-refractivity contribution in [3.05, 3.63) is 28.5 Å². The van der Waals surface area contributed by atoms with Crippen LogP contribution in [0.2, 0.25) is 0 Å². The van der Waals surface area contributed by atoms with Gasteiger partial charge < -0.3 is 5.32 Å². The molecule has 1 aromatic heterocycles. The Labute approximate surface area is 114 Å². The fourth-order valence-electron chi connectivity index (χ4n) is 2.19. The third-order valence-corrected chi connectivity index (χ3v) is 4.11. The molecule has 0 saturated heterocycles. The summed E-state index contributed by atoms with van der Waals surface area (Å²) in [6, 6.07) is 1.76. The van der Waals surface area contributed by atoms with Gasteiger partial charge in [0, 0.05) is 22.7 Å². The molecule has 1 aromatic rings. The van der Waals surface area contributed by atoms with E-state index in [9.17, 15) is 4.79 Å². The van der Waals surface area contributed by atoms with E-state index in [-0.39, 0.29) is 11.4 Å². The van der Waals surface area contributed by atoms with Crippen molar-refractivity contribution in [3.8, 4) is 0 Å². The first-order chi connectivity index (χ1) is 8.15. The number of halogens is 2. The highest BCUT2D eigenvalue weighted by molar-refractivity contribution is 9.10. The fourth-order valence-corrected chi connectivity index (χ4v) is 2.89. The summed E-state index contributed by atoms with van der Waals surface area (Å²) in [7, 11) is 0. The van der Waals surface area contributed by atoms with Gasteiger partial charge in [0.25, 0.3) is 5.91 Å². The SMILES string of the molecule is O=C(NC1(CCl)CCCC1)c1cncc(Br)c1. The van der Waals surface area contributed by atoms with Gasteiger partial charge in [0.05, 0.1) is 11.1 Å². The first kappa shape index (κ1) is 12.8. The van der Waals surface area contributed by atoms with E-state index >= 15 is 0 Å². The highest BCUT2D eigenvalue weighted by Gasteiger charge is 2.34. The maximum absolute atomic E-state index is 12.1. The molecule has 3 nitrogen and oxygen atoms in total. The van der Waals surface area contributed by atoms with Crippen LogP contribution in [0.3, 0.4) is 0 Å². The summed E-state index contributed by atoms with van der Waals surface area (Å²) in [6.07, 6.45) is 7.40. The number of rotatable bonds is 3. The van der Waals surface area contributed by atoms with Gasteiger partial charge in [-0.25, -0.2) is 0 Å². The molecule has 17 heavy (non-hydrogen) atoms. The van der Waals surface area contributed by atoms with Gasteiger partial charge in [0.2, 0.25) is 0 Å². The molecule has 92 valence electrons. The second-order valence-electron chi connectivity index (χ2n) is 4.47. The molecule has 0 radical (unpaired) electrons. The summed E-state index contributed by atoms with van der Waals surface area (Å²) in [5.74, 6) is 0.376.